The highest BCUT2D eigenvalue weighted by Crippen LogP contribution is 2.22. The van der Waals surface area contributed by atoms with Crippen molar-refractivity contribution in [2.24, 2.45) is 5.92 Å². The fourth-order valence-corrected chi connectivity index (χ4v) is 2.28. The van der Waals surface area contributed by atoms with E-state index in [0.29, 0.717) is 25.7 Å². The molecule has 2 atom stereocenters. The number of carbonyl (C=O) groups is 1. The van der Waals surface area contributed by atoms with E-state index in [2.05, 4.69) is 17.6 Å². The first-order chi connectivity index (χ1) is 8.22. The van der Waals surface area contributed by atoms with Gasteiger partial charge < -0.3 is 15.4 Å². The van der Waals surface area contributed by atoms with Crippen LogP contribution < -0.4 is 10.6 Å². The SMILES string of the molecule is COCCNC(=O)CNC1CCCC(C)CC1. The van der Waals surface area contributed by atoms with Crippen LogP contribution in [0.5, 0.6) is 0 Å². The van der Waals surface area contributed by atoms with Crippen LogP contribution in [-0.2, 0) is 9.53 Å². The molecule has 17 heavy (non-hydrogen) atoms. The molecule has 0 aromatic carbocycles. The predicted octanol–water partition coefficient (Wildman–Crippen LogP) is 1.31. The second-order valence-corrected chi connectivity index (χ2v) is 5.03. The van der Waals surface area contributed by atoms with Crippen LogP contribution in [0.4, 0.5) is 0 Å². The fourth-order valence-electron chi connectivity index (χ4n) is 2.28. The van der Waals surface area contributed by atoms with Gasteiger partial charge in [0, 0.05) is 19.7 Å². The number of ether oxygens (including phenoxy) is 1. The van der Waals surface area contributed by atoms with Crippen molar-refractivity contribution in [1.29, 1.82) is 0 Å². The molecule has 0 radical (unpaired) electrons. The normalized spacial score (nSPS) is 25.3. The van der Waals surface area contributed by atoms with Crippen molar-refractivity contribution in [1.82, 2.24) is 10.6 Å². The van der Waals surface area contributed by atoms with Crippen LogP contribution in [0.25, 0.3) is 0 Å². The van der Waals surface area contributed by atoms with Crippen molar-refractivity contribution in [3.8, 4) is 0 Å². The number of amides is 1. The maximum Gasteiger partial charge on any atom is 0.234 e. The zero-order valence-electron chi connectivity index (χ0n) is 11.1. The Kier molecular flexibility index (Phi) is 7.21. The summed E-state index contributed by atoms with van der Waals surface area (Å²) in [4.78, 5) is 11.5. The maximum atomic E-state index is 11.5. The van der Waals surface area contributed by atoms with Gasteiger partial charge in [-0.3, -0.25) is 4.79 Å². The first-order valence-corrected chi connectivity index (χ1v) is 6.71. The van der Waals surface area contributed by atoms with Crippen molar-refractivity contribution < 1.29 is 9.53 Å². The smallest absolute Gasteiger partial charge is 0.234 e. The van der Waals surface area contributed by atoms with E-state index in [0.717, 1.165) is 5.92 Å². The van der Waals surface area contributed by atoms with E-state index in [9.17, 15) is 4.79 Å². The quantitative estimate of drug-likeness (QED) is 0.545. The molecule has 0 bridgehead atoms. The summed E-state index contributed by atoms with van der Waals surface area (Å²) in [6.07, 6.45) is 6.30. The standard InChI is InChI=1S/C13H26N2O2/c1-11-4-3-5-12(7-6-11)15-10-13(16)14-8-9-17-2/h11-12,15H,3-10H2,1-2H3,(H,14,16). The van der Waals surface area contributed by atoms with E-state index in [1.807, 2.05) is 0 Å². The van der Waals surface area contributed by atoms with E-state index in [1.54, 1.807) is 7.11 Å². The monoisotopic (exact) mass is 242 g/mol. The minimum Gasteiger partial charge on any atom is -0.383 e. The molecule has 0 spiro atoms. The van der Waals surface area contributed by atoms with Crippen molar-refractivity contribution in [3.63, 3.8) is 0 Å². The number of methoxy groups -OCH3 is 1. The van der Waals surface area contributed by atoms with Crippen molar-refractivity contribution in [2.45, 2.75) is 45.1 Å². The molecule has 0 aromatic rings. The summed E-state index contributed by atoms with van der Waals surface area (Å²) in [6, 6.07) is 0.521. The average Bonchev–Trinajstić information content (AvgIpc) is 2.52. The van der Waals surface area contributed by atoms with Crippen LogP contribution in [-0.4, -0.2) is 38.8 Å². The Morgan fingerprint density at radius 2 is 2.12 bits per heavy atom. The van der Waals surface area contributed by atoms with Gasteiger partial charge in [0.2, 0.25) is 5.91 Å². The second kappa shape index (κ2) is 8.48. The Morgan fingerprint density at radius 1 is 1.29 bits per heavy atom. The predicted molar refractivity (Wildman–Crippen MR) is 68.9 cm³/mol. The van der Waals surface area contributed by atoms with Gasteiger partial charge in [0.05, 0.1) is 13.2 Å². The summed E-state index contributed by atoms with van der Waals surface area (Å²) in [5, 5.41) is 6.18. The van der Waals surface area contributed by atoms with Gasteiger partial charge in [-0.15, -0.1) is 0 Å². The Labute approximate surface area is 104 Å². The van der Waals surface area contributed by atoms with E-state index < -0.39 is 0 Å². The summed E-state index contributed by atoms with van der Waals surface area (Å²) < 4.78 is 4.88. The van der Waals surface area contributed by atoms with Crippen LogP contribution in [0.2, 0.25) is 0 Å². The molecule has 0 saturated heterocycles. The molecule has 0 heterocycles. The largest absolute Gasteiger partial charge is 0.383 e. The molecule has 1 fully saturated rings. The van der Waals surface area contributed by atoms with Crippen LogP contribution in [0.15, 0.2) is 0 Å². The molecule has 100 valence electrons. The Bertz CT molecular complexity index is 221. The van der Waals surface area contributed by atoms with Gasteiger partial charge in [-0.25, -0.2) is 0 Å². The number of nitrogens with one attached hydrogen (secondary N) is 2. The molecule has 0 aliphatic heterocycles. The third kappa shape index (κ3) is 6.64. The highest BCUT2D eigenvalue weighted by molar-refractivity contribution is 5.77. The summed E-state index contributed by atoms with van der Waals surface area (Å²) in [7, 11) is 1.64. The zero-order chi connectivity index (χ0) is 12.5. The number of carbonyl (C=O) groups excluding carboxylic acids is 1. The molecular weight excluding hydrogens is 216 g/mol. The van der Waals surface area contributed by atoms with Gasteiger partial charge in [-0.1, -0.05) is 19.8 Å². The highest BCUT2D eigenvalue weighted by atomic mass is 16.5. The molecule has 4 nitrogen and oxygen atoms in total. The van der Waals surface area contributed by atoms with Crippen LogP contribution in [0, 0.1) is 5.92 Å². The van der Waals surface area contributed by atoms with Crippen molar-refractivity contribution in [2.75, 3.05) is 26.8 Å². The van der Waals surface area contributed by atoms with Crippen molar-refractivity contribution in [3.05, 3.63) is 0 Å². The molecule has 2 unspecified atom stereocenters. The summed E-state index contributed by atoms with van der Waals surface area (Å²) >= 11 is 0. The van der Waals surface area contributed by atoms with Crippen molar-refractivity contribution >= 4 is 5.91 Å². The zero-order valence-corrected chi connectivity index (χ0v) is 11.1. The first kappa shape index (κ1) is 14.5. The van der Waals surface area contributed by atoms with Gasteiger partial charge in [-0.2, -0.15) is 0 Å². The minimum atomic E-state index is 0.0688. The lowest BCUT2D eigenvalue weighted by molar-refractivity contribution is -0.120. The van der Waals surface area contributed by atoms with Crippen LogP contribution >= 0.6 is 0 Å². The maximum absolute atomic E-state index is 11.5. The Hall–Kier alpha value is -0.610. The van der Waals surface area contributed by atoms with E-state index in [1.165, 1.54) is 32.1 Å². The number of rotatable bonds is 6. The second-order valence-electron chi connectivity index (χ2n) is 5.03. The minimum absolute atomic E-state index is 0.0688. The van der Waals surface area contributed by atoms with Gasteiger partial charge in [0.25, 0.3) is 0 Å². The van der Waals surface area contributed by atoms with E-state index in [4.69, 9.17) is 4.74 Å². The topological polar surface area (TPSA) is 50.4 Å². The van der Waals surface area contributed by atoms with Crippen LogP contribution in [0.3, 0.4) is 0 Å². The molecule has 1 rings (SSSR count). The van der Waals surface area contributed by atoms with Gasteiger partial charge in [0.1, 0.15) is 0 Å². The molecule has 1 amide bonds. The van der Waals surface area contributed by atoms with E-state index in [-0.39, 0.29) is 5.91 Å². The third-order valence-corrected chi connectivity index (χ3v) is 3.44. The summed E-state index contributed by atoms with van der Waals surface area (Å²) in [6.45, 7) is 3.92. The Morgan fingerprint density at radius 3 is 2.88 bits per heavy atom. The molecule has 1 aliphatic rings. The lowest BCUT2D eigenvalue weighted by atomic mass is 10.0. The number of hydrogen-bond donors (Lipinski definition) is 2. The molecule has 2 N–H and O–H groups in total. The summed E-state index contributed by atoms with van der Waals surface area (Å²) in [5.41, 5.74) is 0. The van der Waals surface area contributed by atoms with Crippen LogP contribution in [0.1, 0.15) is 39.0 Å². The Balaban J connectivity index is 2.10. The first-order valence-electron chi connectivity index (χ1n) is 6.71. The van der Waals surface area contributed by atoms with Gasteiger partial charge in [0.15, 0.2) is 0 Å². The fraction of sp³-hybridized carbons (Fsp3) is 0.923. The molecule has 1 saturated carbocycles. The lowest BCUT2D eigenvalue weighted by Gasteiger charge is -2.16. The number of hydrogen-bond acceptors (Lipinski definition) is 3. The molecule has 0 aromatic heterocycles. The average molecular weight is 242 g/mol. The summed E-state index contributed by atoms with van der Waals surface area (Å²) in [5.74, 6) is 0.914. The van der Waals surface area contributed by atoms with E-state index >= 15 is 0 Å². The van der Waals surface area contributed by atoms with Gasteiger partial charge in [-0.05, 0) is 25.2 Å². The van der Waals surface area contributed by atoms with Gasteiger partial charge >= 0.3 is 0 Å². The lowest BCUT2D eigenvalue weighted by Crippen LogP contribution is -2.40. The molecular formula is C13H26N2O2. The third-order valence-electron chi connectivity index (χ3n) is 3.44. The molecule has 4 heteroatoms. The highest BCUT2D eigenvalue weighted by Gasteiger charge is 2.16. The molecule has 1 aliphatic carbocycles.